The van der Waals surface area contributed by atoms with Gasteiger partial charge in [-0.15, -0.1) is 0 Å². The van der Waals surface area contributed by atoms with Crippen molar-refractivity contribution in [1.82, 2.24) is 9.55 Å². The van der Waals surface area contributed by atoms with Crippen LogP contribution in [0.25, 0.3) is 11.4 Å². The van der Waals surface area contributed by atoms with Crippen LogP contribution >= 0.6 is 0 Å². The van der Waals surface area contributed by atoms with Gasteiger partial charge in [0, 0.05) is 11.1 Å². The molecular weight excluding hydrogens is 378 g/mol. The number of aliphatic carboxylic acids is 1. The van der Waals surface area contributed by atoms with E-state index in [0.29, 0.717) is 22.6 Å². The number of hydrogen-bond acceptors (Lipinski definition) is 6. The highest BCUT2D eigenvalue weighted by atomic mass is 16.7. The lowest BCUT2D eigenvalue weighted by atomic mass is 10.1. The van der Waals surface area contributed by atoms with Gasteiger partial charge in [0.05, 0.1) is 6.20 Å². The van der Waals surface area contributed by atoms with Gasteiger partial charge in [-0.05, 0) is 30.3 Å². The highest BCUT2D eigenvalue weighted by molar-refractivity contribution is 6.04. The van der Waals surface area contributed by atoms with Crippen molar-refractivity contribution in [2.45, 2.75) is 6.54 Å². The number of aromatic nitrogens is 2. The lowest BCUT2D eigenvalue weighted by molar-refractivity contribution is -0.137. The second-order valence-electron chi connectivity index (χ2n) is 6.17. The molecule has 0 saturated carbocycles. The van der Waals surface area contributed by atoms with Crippen LogP contribution in [-0.2, 0) is 11.3 Å². The average Bonchev–Trinajstić information content (AvgIpc) is 3.19. The Hall–Kier alpha value is -4.14. The Morgan fingerprint density at radius 3 is 2.62 bits per heavy atom. The third kappa shape index (κ3) is 3.65. The van der Waals surface area contributed by atoms with Crippen LogP contribution in [0.2, 0.25) is 0 Å². The third-order valence-corrected chi connectivity index (χ3v) is 4.26. The summed E-state index contributed by atoms with van der Waals surface area (Å²) in [4.78, 5) is 40.8. The van der Waals surface area contributed by atoms with Gasteiger partial charge in [-0.3, -0.25) is 19.0 Å². The van der Waals surface area contributed by atoms with E-state index < -0.39 is 24.0 Å². The van der Waals surface area contributed by atoms with Gasteiger partial charge in [-0.2, -0.15) is 0 Å². The Kier molecular flexibility index (Phi) is 4.70. The first kappa shape index (κ1) is 18.2. The molecule has 2 N–H and O–H groups in total. The van der Waals surface area contributed by atoms with Gasteiger partial charge in [0.2, 0.25) is 6.79 Å². The van der Waals surface area contributed by atoms with Gasteiger partial charge in [0.1, 0.15) is 18.1 Å². The van der Waals surface area contributed by atoms with Gasteiger partial charge in [0.15, 0.2) is 11.5 Å². The molecule has 1 aliphatic rings. The second-order valence-corrected chi connectivity index (χ2v) is 6.17. The van der Waals surface area contributed by atoms with Crippen LogP contribution in [0.5, 0.6) is 11.5 Å². The third-order valence-electron chi connectivity index (χ3n) is 4.26. The summed E-state index contributed by atoms with van der Waals surface area (Å²) in [7, 11) is 0. The Bertz CT molecular complexity index is 1160. The molecule has 0 fully saturated rings. The van der Waals surface area contributed by atoms with Crippen LogP contribution in [0.3, 0.4) is 0 Å². The molecule has 0 spiro atoms. The number of hydrogen-bond donors (Lipinski definition) is 2. The van der Waals surface area contributed by atoms with Crippen molar-refractivity contribution in [2.75, 3.05) is 12.1 Å². The summed E-state index contributed by atoms with van der Waals surface area (Å²) in [6.45, 7) is -0.538. The molecule has 0 aliphatic carbocycles. The van der Waals surface area contributed by atoms with Crippen LogP contribution < -0.4 is 20.3 Å². The fourth-order valence-corrected chi connectivity index (χ4v) is 2.91. The molecule has 1 amide bonds. The maximum absolute atomic E-state index is 12.9. The number of carboxylic acids is 1. The van der Waals surface area contributed by atoms with Crippen molar-refractivity contribution in [3.63, 3.8) is 0 Å². The number of benzene rings is 2. The highest BCUT2D eigenvalue weighted by Gasteiger charge is 2.19. The number of nitrogens with one attached hydrogen (secondary N) is 1. The van der Waals surface area contributed by atoms with Crippen LogP contribution in [-0.4, -0.2) is 33.3 Å². The lowest BCUT2D eigenvalue weighted by Gasteiger charge is -2.13. The fraction of sp³-hybridized carbons (Fsp3) is 0.100. The second kappa shape index (κ2) is 7.47. The molecule has 2 aromatic carbocycles. The molecule has 0 atom stereocenters. The van der Waals surface area contributed by atoms with Crippen LogP contribution in [0.4, 0.5) is 5.69 Å². The number of ether oxygens (including phenoxy) is 2. The van der Waals surface area contributed by atoms with E-state index in [9.17, 15) is 19.5 Å². The van der Waals surface area contributed by atoms with E-state index in [2.05, 4.69) is 10.3 Å². The van der Waals surface area contributed by atoms with Crippen molar-refractivity contribution in [3.8, 4) is 22.9 Å². The highest BCUT2D eigenvalue weighted by Crippen LogP contribution is 2.35. The van der Waals surface area contributed by atoms with Crippen molar-refractivity contribution < 1.29 is 24.2 Å². The van der Waals surface area contributed by atoms with E-state index in [1.54, 1.807) is 48.5 Å². The number of amides is 1. The van der Waals surface area contributed by atoms with Gasteiger partial charge < -0.3 is 19.9 Å². The zero-order chi connectivity index (χ0) is 20.4. The van der Waals surface area contributed by atoms with E-state index >= 15 is 0 Å². The summed E-state index contributed by atoms with van der Waals surface area (Å²) in [6.07, 6.45) is 1.21. The van der Waals surface area contributed by atoms with E-state index in [4.69, 9.17) is 9.47 Å². The van der Waals surface area contributed by atoms with E-state index in [0.717, 1.165) is 4.57 Å². The molecule has 1 aliphatic heterocycles. The lowest BCUT2D eigenvalue weighted by Crippen LogP contribution is -2.30. The van der Waals surface area contributed by atoms with Gasteiger partial charge in [-0.25, -0.2) is 4.98 Å². The van der Waals surface area contributed by atoms with Crippen LogP contribution in [0.15, 0.2) is 59.5 Å². The summed E-state index contributed by atoms with van der Waals surface area (Å²) in [5, 5.41) is 11.7. The topological polar surface area (TPSA) is 120 Å². The quantitative estimate of drug-likeness (QED) is 0.680. The summed E-state index contributed by atoms with van der Waals surface area (Å²) in [5.41, 5.74) is 0.0361. The maximum atomic E-state index is 12.9. The van der Waals surface area contributed by atoms with E-state index in [1.807, 2.05) is 0 Å². The van der Waals surface area contributed by atoms with Gasteiger partial charge >= 0.3 is 5.97 Å². The summed E-state index contributed by atoms with van der Waals surface area (Å²) in [5.74, 6) is -0.564. The molecule has 9 nitrogen and oxygen atoms in total. The molecule has 146 valence electrons. The molecule has 2 heterocycles. The molecular formula is C20H15N3O6. The minimum absolute atomic E-state index is 0.0819. The molecule has 0 radical (unpaired) electrons. The van der Waals surface area contributed by atoms with Crippen LogP contribution in [0, 0.1) is 0 Å². The molecule has 9 heteroatoms. The van der Waals surface area contributed by atoms with Gasteiger partial charge in [0.25, 0.3) is 11.5 Å². The summed E-state index contributed by atoms with van der Waals surface area (Å²) in [6, 6.07) is 13.3. The first-order valence-corrected chi connectivity index (χ1v) is 8.61. The first-order valence-electron chi connectivity index (χ1n) is 8.61. The zero-order valence-electron chi connectivity index (χ0n) is 15.0. The van der Waals surface area contributed by atoms with Crippen molar-refractivity contribution in [1.29, 1.82) is 0 Å². The molecule has 1 aromatic heterocycles. The van der Waals surface area contributed by atoms with Crippen LogP contribution in [0.1, 0.15) is 10.4 Å². The average molecular weight is 393 g/mol. The maximum Gasteiger partial charge on any atom is 0.323 e. The minimum atomic E-state index is -1.22. The van der Waals surface area contributed by atoms with E-state index in [-0.39, 0.29) is 18.3 Å². The number of anilines is 1. The molecule has 4 rings (SSSR count). The number of rotatable bonds is 5. The smallest absolute Gasteiger partial charge is 0.323 e. The molecule has 0 unspecified atom stereocenters. The van der Waals surface area contributed by atoms with Crippen molar-refractivity contribution in [3.05, 3.63) is 70.6 Å². The number of carbonyl (C=O) groups is 2. The number of carboxylic acid groups (broad SMARTS) is 1. The number of fused-ring (bicyclic) bond motifs is 1. The monoisotopic (exact) mass is 393 g/mol. The van der Waals surface area contributed by atoms with Gasteiger partial charge in [-0.1, -0.05) is 18.2 Å². The predicted octanol–water partition coefficient (Wildman–Crippen LogP) is 1.98. The minimum Gasteiger partial charge on any atom is -0.480 e. The molecule has 3 aromatic rings. The molecule has 0 bridgehead atoms. The summed E-state index contributed by atoms with van der Waals surface area (Å²) >= 11 is 0. The first-order chi connectivity index (χ1) is 14.0. The summed E-state index contributed by atoms with van der Waals surface area (Å²) < 4.78 is 11.6. The molecule has 0 saturated heterocycles. The standard InChI is InChI=1S/C20H15N3O6/c24-17(25)10-23-18(13-6-7-15-16(8-13)29-11-28-15)21-9-14(20(23)27)22-19(26)12-4-2-1-3-5-12/h1-9H,10-11H2,(H,22,26)(H,24,25). The van der Waals surface area contributed by atoms with E-state index in [1.165, 1.54) is 6.20 Å². The molecule has 29 heavy (non-hydrogen) atoms. The van der Waals surface area contributed by atoms with Crippen molar-refractivity contribution >= 4 is 17.6 Å². The van der Waals surface area contributed by atoms with Crippen molar-refractivity contribution in [2.24, 2.45) is 0 Å². The Balaban J connectivity index is 1.74. The number of carbonyl (C=O) groups excluding carboxylic acids is 1. The Labute approximate surface area is 164 Å². The fourth-order valence-electron chi connectivity index (χ4n) is 2.91. The largest absolute Gasteiger partial charge is 0.480 e. The SMILES string of the molecule is O=C(O)Cn1c(-c2ccc3c(c2)OCO3)ncc(NC(=O)c2ccccc2)c1=O. The predicted molar refractivity (Wildman–Crippen MR) is 102 cm³/mol. The zero-order valence-corrected chi connectivity index (χ0v) is 15.0. The number of nitrogens with zero attached hydrogens (tertiary/aromatic N) is 2. The normalized spacial score (nSPS) is 11.9. The Morgan fingerprint density at radius 2 is 1.86 bits per heavy atom. The Morgan fingerprint density at radius 1 is 1.10 bits per heavy atom.